The summed E-state index contributed by atoms with van der Waals surface area (Å²) in [6.45, 7) is 3.74. The highest BCUT2D eigenvalue weighted by molar-refractivity contribution is 6.31. The molecule has 0 aliphatic carbocycles. The highest BCUT2D eigenvalue weighted by Crippen LogP contribution is 2.44. The van der Waals surface area contributed by atoms with Crippen molar-refractivity contribution in [3.63, 3.8) is 0 Å². The standard InChI is InChI=1S/C32H38ClN3O3/c1-39-30(37)13-5-12-27-26-11-7-17-34-16-6-10-24(31(26)34)21-36(27)32(38)29-18-23-14-15-25(33)19-28(23)35(29)20-22-8-3-2-4-9-22/h2-4,8-9,14-15,18-19,24,26-27,31H,5-7,10-13,16-17,20-21H2,1H3/t24-,26+,27+,31-/m0/s1. The molecule has 39 heavy (non-hydrogen) atoms. The van der Waals surface area contributed by atoms with Gasteiger partial charge in [0.2, 0.25) is 0 Å². The number of benzene rings is 2. The van der Waals surface area contributed by atoms with Crippen LogP contribution >= 0.6 is 11.6 Å². The molecule has 1 aromatic heterocycles. The van der Waals surface area contributed by atoms with E-state index in [0.29, 0.717) is 35.9 Å². The van der Waals surface area contributed by atoms with E-state index in [1.807, 2.05) is 42.5 Å². The lowest BCUT2D eigenvalue weighted by Gasteiger charge is -2.57. The third-order valence-electron chi connectivity index (χ3n) is 9.31. The van der Waals surface area contributed by atoms with Crippen molar-refractivity contribution in [3.05, 3.63) is 70.9 Å². The molecular formula is C32H38ClN3O3. The molecule has 0 radical (unpaired) electrons. The highest BCUT2D eigenvalue weighted by atomic mass is 35.5. The number of carbonyl (C=O) groups excluding carboxylic acids is 2. The van der Waals surface area contributed by atoms with Crippen LogP contribution in [0.1, 0.15) is 61.0 Å². The first kappa shape index (κ1) is 26.4. The van der Waals surface area contributed by atoms with E-state index < -0.39 is 0 Å². The zero-order valence-electron chi connectivity index (χ0n) is 22.7. The normalized spacial score (nSPS) is 24.9. The van der Waals surface area contributed by atoms with Crippen LogP contribution in [-0.4, -0.2) is 65.1 Å². The minimum atomic E-state index is -0.177. The molecule has 6 nitrogen and oxygen atoms in total. The van der Waals surface area contributed by atoms with Gasteiger partial charge in [-0.25, -0.2) is 0 Å². The number of fused-ring (bicyclic) bond motifs is 1. The van der Waals surface area contributed by atoms with Crippen molar-refractivity contribution in [3.8, 4) is 0 Å². The molecule has 3 aliphatic heterocycles. The maximum absolute atomic E-state index is 14.6. The molecule has 3 aliphatic rings. The van der Waals surface area contributed by atoms with Crippen molar-refractivity contribution in [2.75, 3.05) is 26.7 Å². The van der Waals surface area contributed by atoms with Crippen LogP contribution in [0.4, 0.5) is 0 Å². The monoisotopic (exact) mass is 547 g/mol. The highest BCUT2D eigenvalue weighted by Gasteiger charge is 2.49. The maximum Gasteiger partial charge on any atom is 0.305 e. The average molecular weight is 548 g/mol. The number of rotatable bonds is 7. The Morgan fingerprint density at radius 3 is 2.62 bits per heavy atom. The lowest BCUT2D eigenvalue weighted by atomic mass is 9.69. The van der Waals surface area contributed by atoms with Gasteiger partial charge in [-0.15, -0.1) is 0 Å². The summed E-state index contributed by atoms with van der Waals surface area (Å²) >= 11 is 6.43. The Kier molecular flexibility index (Phi) is 7.68. The molecule has 3 fully saturated rings. The first-order valence-corrected chi connectivity index (χ1v) is 14.9. The van der Waals surface area contributed by atoms with Crippen LogP contribution in [0.5, 0.6) is 0 Å². The molecule has 4 heterocycles. The number of carbonyl (C=O) groups is 2. The summed E-state index contributed by atoms with van der Waals surface area (Å²) in [5, 5.41) is 1.69. The van der Waals surface area contributed by atoms with E-state index in [1.54, 1.807) is 0 Å². The Morgan fingerprint density at radius 2 is 1.82 bits per heavy atom. The molecule has 4 atom stereocenters. The number of ether oxygens (including phenoxy) is 1. The molecule has 0 spiro atoms. The SMILES string of the molecule is COC(=O)CCC[C@@H]1[C@H]2CCCN3CCC[C@@H](CN1C(=O)c1cc4ccc(Cl)cc4n1Cc1ccccc1)[C@@H]23. The fraction of sp³-hybridized carbons (Fsp3) is 0.500. The third-order valence-corrected chi connectivity index (χ3v) is 9.55. The van der Waals surface area contributed by atoms with Gasteiger partial charge in [0, 0.05) is 42.0 Å². The molecule has 6 rings (SSSR count). The number of hydrogen-bond donors (Lipinski definition) is 0. The predicted molar refractivity (Wildman–Crippen MR) is 154 cm³/mol. The molecular weight excluding hydrogens is 510 g/mol. The van der Waals surface area contributed by atoms with Crippen LogP contribution in [-0.2, 0) is 16.1 Å². The maximum atomic E-state index is 14.6. The van der Waals surface area contributed by atoms with Crippen molar-refractivity contribution < 1.29 is 14.3 Å². The van der Waals surface area contributed by atoms with Crippen LogP contribution in [0.3, 0.4) is 0 Å². The van der Waals surface area contributed by atoms with Crippen LogP contribution in [0.25, 0.3) is 10.9 Å². The quantitative estimate of drug-likeness (QED) is 0.340. The summed E-state index contributed by atoms with van der Waals surface area (Å²) in [5.74, 6) is 0.874. The number of esters is 1. The van der Waals surface area contributed by atoms with E-state index in [9.17, 15) is 9.59 Å². The smallest absolute Gasteiger partial charge is 0.305 e. The van der Waals surface area contributed by atoms with E-state index in [4.69, 9.17) is 16.3 Å². The van der Waals surface area contributed by atoms with E-state index >= 15 is 0 Å². The fourth-order valence-electron chi connectivity index (χ4n) is 7.64. The fourth-order valence-corrected chi connectivity index (χ4v) is 7.81. The van der Waals surface area contributed by atoms with Crippen LogP contribution in [0.15, 0.2) is 54.6 Å². The lowest BCUT2D eigenvalue weighted by molar-refractivity contribution is -0.140. The molecule has 206 valence electrons. The van der Waals surface area contributed by atoms with Crippen molar-refractivity contribution in [2.24, 2.45) is 11.8 Å². The van der Waals surface area contributed by atoms with Crippen molar-refractivity contribution in [1.29, 1.82) is 0 Å². The molecule has 2 aromatic carbocycles. The van der Waals surface area contributed by atoms with E-state index in [0.717, 1.165) is 48.0 Å². The number of aromatic nitrogens is 1. The number of methoxy groups -OCH3 is 1. The summed E-state index contributed by atoms with van der Waals surface area (Å²) in [7, 11) is 1.45. The largest absolute Gasteiger partial charge is 0.469 e. The predicted octanol–water partition coefficient (Wildman–Crippen LogP) is 6.00. The van der Waals surface area contributed by atoms with Gasteiger partial charge in [0.05, 0.1) is 12.6 Å². The number of halogens is 1. The topological polar surface area (TPSA) is 54.8 Å². The Labute approximate surface area is 235 Å². The number of likely N-dealkylation sites (tertiary alicyclic amines) is 1. The van der Waals surface area contributed by atoms with E-state index in [1.165, 1.54) is 39.5 Å². The second-order valence-electron chi connectivity index (χ2n) is 11.5. The summed E-state index contributed by atoms with van der Waals surface area (Å²) in [5.41, 5.74) is 2.84. The first-order valence-electron chi connectivity index (χ1n) is 14.5. The summed E-state index contributed by atoms with van der Waals surface area (Å²) in [6, 6.07) is 18.9. The summed E-state index contributed by atoms with van der Waals surface area (Å²) in [4.78, 5) is 31.5. The van der Waals surface area contributed by atoms with E-state index in [2.05, 4.69) is 26.5 Å². The second kappa shape index (κ2) is 11.3. The van der Waals surface area contributed by atoms with Gasteiger partial charge in [-0.05, 0) is 87.2 Å². The molecule has 3 saturated heterocycles. The Bertz CT molecular complexity index is 1340. The average Bonchev–Trinajstić information content (AvgIpc) is 3.31. The van der Waals surface area contributed by atoms with Gasteiger partial charge in [-0.3, -0.25) is 14.5 Å². The van der Waals surface area contributed by atoms with Gasteiger partial charge in [-0.1, -0.05) is 48.0 Å². The van der Waals surface area contributed by atoms with Crippen LogP contribution in [0, 0.1) is 11.8 Å². The first-order chi connectivity index (χ1) is 19.0. The molecule has 0 saturated carbocycles. The van der Waals surface area contributed by atoms with Gasteiger partial charge in [0.25, 0.3) is 5.91 Å². The van der Waals surface area contributed by atoms with Gasteiger partial charge < -0.3 is 14.2 Å². The Morgan fingerprint density at radius 1 is 1.03 bits per heavy atom. The minimum absolute atomic E-state index is 0.0995. The van der Waals surface area contributed by atoms with Crippen LogP contribution in [0.2, 0.25) is 5.02 Å². The molecule has 0 bridgehead atoms. The van der Waals surface area contributed by atoms with Gasteiger partial charge in [-0.2, -0.15) is 0 Å². The van der Waals surface area contributed by atoms with Crippen molar-refractivity contribution in [2.45, 2.75) is 63.6 Å². The van der Waals surface area contributed by atoms with Gasteiger partial charge >= 0.3 is 5.97 Å². The second-order valence-corrected chi connectivity index (χ2v) is 12.0. The Balaban J connectivity index is 1.37. The molecule has 0 N–H and O–H groups in total. The summed E-state index contributed by atoms with van der Waals surface area (Å²) < 4.78 is 7.07. The molecule has 3 aromatic rings. The van der Waals surface area contributed by atoms with Crippen molar-refractivity contribution in [1.82, 2.24) is 14.4 Å². The van der Waals surface area contributed by atoms with Gasteiger partial charge in [0.1, 0.15) is 5.69 Å². The molecule has 0 unspecified atom stereocenters. The Hall–Kier alpha value is -2.83. The number of piperidine rings is 3. The van der Waals surface area contributed by atoms with Crippen LogP contribution < -0.4 is 0 Å². The van der Waals surface area contributed by atoms with Gasteiger partial charge in [0.15, 0.2) is 0 Å². The minimum Gasteiger partial charge on any atom is -0.469 e. The zero-order chi connectivity index (χ0) is 26.9. The van der Waals surface area contributed by atoms with Crippen molar-refractivity contribution >= 4 is 34.4 Å². The molecule has 7 heteroatoms. The third kappa shape index (κ3) is 5.21. The number of nitrogens with zero attached hydrogens (tertiary/aromatic N) is 3. The lowest BCUT2D eigenvalue weighted by Crippen LogP contribution is -2.65. The summed E-state index contributed by atoms with van der Waals surface area (Å²) in [6.07, 6.45) is 6.66. The zero-order valence-corrected chi connectivity index (χ0v) is 23.5. The van der Waals surface area contributed by atoms with E-state index in [-0.39, 0.29) is 17.9 Å². The number of hydrogen-bond acceptors (Lipinski definition) is 4. The number of amides is 1. The molecule has 1 amide bonds.